The summed E-state index contributed by atoms with van der Waals surface area (Å²) in [5.41, 5.74) is 1.07. The first kappa shape index (κ1) is 21.8. The van der Waals surface area contributed by atoms with Gasteiger partial charge in [-0.3, -0.25) is 4.79 Å². The van der Waals surface area contributed by atoms with Crippen molar-refractivity contribution < 1.29 is 14.3 Å². The van der Waals surface area contributed by atoms with Crippen molar-refractivity contribution in [3.63, 3.8) is 0 Å². The van der Waals surface area contributed by atoms with Gasteiger partial charge in [0.05, 0.1) is 6.04 Å². The van der Waals surface area contributed by atoms with Gasteiger partial charge in [0.1, 0.15) is 11.9 Å². The molecular formula is C22H35FN2O2. The summed E-state index contributed by atoms with van der Waals surface area (Å²) >= 11 is 0. The number of likely N-dealkylation sites (tertiary alicyclic amines) is 1. The third-order valence-electron chi connectivity index (χ3n) is 5.43. The number of hydrogen-bond acceptors (Lipinski definition) is 3. The topological polar surface area (TPSA) is 52.6 Å². The van der Waals surface area contributed by atoms with E-state index < -0.39 is 12.1 Å². The molecule has 2 rings (SSSR count). The van der Waals surface area contributed by atoms with Crippen molar-refractivity contribution in [2.45, 2.75) is 77.4 Å². The second-order valence-electron chi connectivity index (χ2n) is 7.80. The van der Waals surface area contributed by atoms with Gasteiger partial charge >= 0.3 is 0 Å². The second-order valence-corrected chi connectivity index (χ2v) is 7.80. The molecule has 2 atom stereocenters. The van der Waals surface area contributed by atoms with Crippen LogP contribution in [0.1, 0.15) is 75.5 Å². The number of hydrogen-bond donors (Lipinski definition) is 2. The Kier molecular flexibility index (Phi) is 9.22. The van der Waals surface area contributed by atoms with Gasteiger partial charge in [0.15, 0.2) is 0 Å². The molecule has 0 radical (unpaired) electrons. The Hall–Kier alpha value is -1.46. The van der Waals surface area contributed by atoms with Crippen LogP contribution in [0.3, 0.4) is 0 Å². The molecule has 0 unspecified atom stereocenters. The van der Waals surface area contributed by atoms with Gasteiger partial charge in [0, 0.05) is 13.0 Å². The molecule has 0 bridgehead atoms. The Morgan fingerprint density at radius 3 is 2.59 bits per heavy atom. The Morgan fingerprint density at radius 2 is 1.93 bits per heavy atom. The fourth-order valence-corrected chi connectivity index (χ4v) is 3.66. The van der Waals surface area contributed by atoms with Crippen molar-refractivity contribution in [3.8, 4) is 0 Å². The zero-order chi connectivity index (χ0) is 19.6. The van der Waals surface area contributed by atoms with Crippen molar-refractivity contribution in [2.24, 2.45) is 0 Å². The average Bonchev–Trinajstić information content (AvgIpc) is 3.16. The number of carbonyl (C=O) groups is 1. The van der Waals surface area contributed by atoms with E-state index in [0.717, 1.165) is 45.2 Å². The molecule has 1 heterocycles. The monoisotopic (exact) mass is 378 g/mol. The lowest BCUT2D eigenvalue weighted by Gasteiger charge is -2.29. The summed E-state index contributed by atoms with van der Waals surface area (Å²) in [5, 5.41) is 13.9. The van der Waals surface area contributed by atoms with E-state index in [-0.39, 0.29) is 11.7 Å². The zero-order valence-corrected chi connectivity index (χ0v) is 16.8. The van der Waals surface area contributed by atoms with Crippen LogP contribution in [0, 0.1) is 12.7 Å². The molecule has 0 aliphatic carbocycles. The van der Waals surface area contributed by atoms with E-state index in [4.69, 9.17) is 0 Å². The van der Waals surface area contributed by atoms with E-state index in [1.165, 1.54) is 18.9 Å². The minimum Gasteiger partial charge on any atom is -0.386 e. The van der Waals surface area contributed by atoms with E-state index in [1.807, 2.05) is 0 Å². The number of unbranched alkanes of at least 4 members (excludes halogenated alkanes) is 4. The fourth-order valence-electron chi connectivity index (χ4n) is 3.66. The van der Waals surface area contributed by atoms with Crippen LogP contribution >= 0.6 is 0 Å². The van der Waals surface area contributed by atoms with Gasteiger partial charge in [0.25, 0.3) is 0 Å². The quantitative estimate of drug-likeness (QED) is 0.570. The van der Waals surface area contributed by atoms with Crippen LogP contribution in [0.15, 0.2) is 18.2 Å². The molecule has 1 fully saturated rings. The van der Waals surface area contributed by atoms with Gasteiger partial charge in [-0.15, -0.1) is 0 Å². The normalized spacial score (nSPS) is 17.0. The molecule has 1 amide bonds. The Morgan fingerprint density at radius 1 is 1.22 bits per heavy atom. The van der Waals surface area contributed by atoms with E-state index in [1.54, 1.807) is 19.1 Å². The Bertz CT molecular complexity index is 588. The number of rotatable bonds is 11. The summed E-state index contributed by atoms with van der Waals surface area (Å²) in [6.07, 6.45) is 7.34. The molecule has 1 aliphatic heterocycles. The lowest BCUT2D eigenvalue weighted by molar-refractivity contribution is -0.123. The third-order valence-corrected chi connectivity index (χ3v) is 5.43. The van der Waals surface area contributed by atoms with Crippen LogP contribution in [-0.2, 0) is 4.79 Å². The van der Waals surface area contributed by atoms with Crippen molar-refractivity contribution in [3.05, 3.63) is 35.1 Å². The van der Waals surface area contributed by atoms with Gasteiger partial charge < -0.3 is 15.3 Å². The number of benzene rings is 1. The fraction of sp³-hybridized carbons (Fsp3) is 0.682. The van der Waals surface area contributed by atoms with E-state index in [9.17, 15) is 14.3 Å². The van der Waals surface area contributed by atoms with Crippen molar-refractivity contribution >= 4 is 5.91 Å². The molecule has 152 valence electrons. The maximum absolute atomic E-state index is 13.9. The van der Waals surface area contributed by atoms with Crippen LogP contribution in [0.2, 0.25) is 0 Å². The van der Waals surface area contributed by atoms with Gasteiger partial charge in [0.2, 0.25) is 5.91 Å². The number of carbonyl (C=O) groups excluding carboxylic acids is 1. The highest BCUT2D eigenvalue weighted by atomic mass is 19.1. The second kappa shape index (κ2) is 11.4. The first-order chi connectivity index (χ1) is 13.0. The van der Waals surface area contributed by atoms with E-state index >= 15 is 0 Å². The molecule has 0 aromatic heterocycles. The maximum atomic E-state index is 13.9. The third kappa shape index (κ3) is 7.23. The molecule has 1 aromatic carbocycles. The number of nitrogens with one attached hydrogen (secondary N) is 1. The lowest BCUT2D eigenvalue weighted by atomic mass is 9.99. The molecule has 1 aliphatic rings. The van der Waals surface area contributed by atoms with Gasteiger partial charge in [-0.25, -0.2) is 4.39 Å². The number of aliphatic hydroxyl groups is 1. The lowest BCUT2D eigenvalue weighted by Crippen LogP contribution is -2.46. The number of nitrogens with zero attached hydrogens (tertiary/aromatic N) is 1. The number of aliphatic hydroxyl groups excluding tert-OH is 1. The molecule has 1 aromatic rings. The number of halogens is 1. The maximum Gasteiger partial charge on any atom is 0.220 e. The van der Waals surface area contributed by atoms with Crippen LogP contribution in [-0.4, -0.2) is 41.6 Å². The molecule has 5 heteroatoms. The minimum absolute atomic E-state index is 0.0256. The standard InChI is InChI=1S/C22H35FN2O2/c1-3-4-5-6-7-10-21(26)24-20(16-25-13-8-9-14-25)22(27)18-12-11-17(2)19(23)15-18/h11-12,15,20,22,27H,3-10,13-14,16H2,1-2H3,(H,24,26)/t20-,22-/m1/s1. The Balaban J connectivity index is 1.97. The summed E-state index contributed by atoms with van der Waals surface area (Å²) in [7, 11) is 0. The predicted molar refractivity (Wildman–Crippen MR) is 107 cm³/mol. The predicted octanol–water partition coefficient (Wildman–Crippen LogP) is 4.11. The molecule has 0 saturated carbocycles. The van der Waals surface area contributed by atoms with Crippen LogP contribution in [0.25, 0.3) is 0 Å². The first-order valence-corrected chi connectivity index (χ1v) is 10.5. The van der Waals surface area contributed by atoms with Crippen LogP contribution < -0.4 is 5.32 Å². The highest BCUT2D eigenvalue weighted by Crippen LogP contribution is 2.22. The first-order valence-electron chi connectivity index (χ1n) is 10.5. The van der Waals surface area contributed by atoms with E-state index in [0.29, 0.717) is 24.1 Å². The summed E-state index contributed by atoms with van der Waals surface area (Å²) in [6, 6.07) is 4.38. The average molecular weight is 379 g/mol. The largest absolute Gasteiger partial charge is 0.386 e. The summed E-state index contributed by atoms with van der Waals surface area (Å²) in [6.45, 7) is 6.44. The highest BCUT2D eigenvalue weighted by molar-refractivity contribution is 5.76. The summed E-state index contributed by atoms with van der Waals surface area (Å²) in [5.74, 6) is -0.351. The summed E-state index contributed by atoms with van der Waals surface area (Å²) < 4.78 is 13.9. The molecule has 4 nitrogen and oxygen atoms in total. The molecule has 0 spiro atoms. The van der Waals surface area contributed by atoms with Crippen molar-refractivity contribution in [2.75, 3.05) is 19.6 Å². The van der Waals surface area contributed by atoms with Gasteiger partial charge in [-0.2, -0.15) is 0 Å². The van der Waals surface area contributed by atoms with E-state index in [2.05, 4.69) is 17.1 Å². The number of amides is 1. The van der Waals surface area contributed by atoms with Crippen molar-refractivity contribution in [1.29, 1.82) is 0 Å². The molecular weight excluding hydrogens is 343 g/mol. The van der Waals surface area contributed by atoms with Crippen LogP contribution in [0.5, 0.6) is 0 Å². The zero-order valence-electron chi connectivity index (χ0n) is 16.8. The minimum atomic E-state index is -0.912. The van der Waals surface area contributed by atoms with Gasteiger partial charge in [-0.05, 0) is 56.5 Å². The number of aryl methyl sites for hydroxylation is 1. The molecule has 2 N–H and O–H groups in total. The smallest absolute Gasteiger partial charge is 0.220 e. The van der Waals surface area contributed by atoms with Gasteiger partial charge in [-0.1, -0.05) is 44.7 Å². The molecule has 1 saturated heterocycles. The van der Waals surface area contributed by atoms with Crippen molar-refractivity contribution in [1.82, 2.24) is 10.2 Å². The SMILES string of the molecule is CCCCCCCC(=O)N[C@H](CN1CCCC1)[C@H](O)c1ccc(C)c(F)c1. The van der Waals surface area contributed by atoms with Crippen LogP contribution in [0.4, 0.5) is 4.39 Å². The summed E-state index contributed by atoms with van der Waals surface area (Å²) in [4.78, 5) is 14.7. The highest BCUT2D eigenvalue weighted by Gasteiger charge is 2.26. The Labute approximate surface area is 163 Å². The molecule has 27 heavy (non-hydrogen) atoms.